The number of aryl methyl sites for hydroxylation is 2. The molecule has 0 aliphatic heterocycles. The predicted octanol–water partition coefficient (Wildman–Crippen LogP) is 3.33. The zero-order valence-electron chi connectivity index (χ0n) is 12.6. The third kappa shape index (κ3) is 4.07. The van der Waals surface area contributed by atoms with E-state index in [9.17, 15) is 9.59 Å². The molecule has 0 radical (unpaired) electrons. The van der Waals surface area contributed by atoms with E-state index >= 15 is 0 Å². The zero-order valence-corrected chi connectivity index (χ0v) is 13.4. The fourth-order valence-corrected chi connectivity index (χ4v) is 3.33. The van der Waals surface area contributed by atoms with Crippen molar-refractivity contribution in [2.24, 2.45) is 0 Å². The summed E-state index contributed by atoms with van der Waals surface area (Å²) >= 11 is 1.50. The smallest absolute Gasteiger partial charge is 0.305 e. The molecule has 0 aromatic carbocycles. The van der Waals surface area contributed by atoms with Crippen LogP contribution in [0.1, 0.15) is 53.7 Å². The van der Waals surface area contributed by atoms with Crippen molar-refractivity contribution < 1.29 is 14.7 Å². The number of hydrogen-bond donors (Lipinski definition) is 1. The van der Waals surface area contributed by atoms with Crippen molar-refractivity contribution in [3.05, 3.63) is 21.4 Å². The first kappa shape index (κ1) is 16.7. The van der Waals surface area contributed by atoms with Crippen LogP contribution in [0, 0.1) is 6.92 Å². The van der Waals surface area contributed by atoms with Crippen LogP contribution in [-0.4, -0.2) is 34.5 Å². The number of carboxylic acid groups (broad SMARTS) is 1. The van der Waals surface area contributed by atoms with Gasteiger partial charge in [-0.15, -0.1) is 11.3 Å². The Balaban J connectivity index is 2.90. The monoisotopic (exact) mass is 297 g/mol. The lowest BCUT2D eigenvalue weighted by Crippen LogP contribution is -2.39. The molecular formula is C15H23NO3S. The average Bonchev–Trinajstić information content (AvgIpc) is 2.71. The quantitative estimate of drug-likeness (QED) is 0.839. The fourth-order valence-electron chi connectivity index (χ4n) is 2.30. The van der Waals surface area contributed by atoms with Crippen molar-refractivity contribution in [2.75, 3.05) is 6.54 Å². The molecule has 1 heterocycles. The lowest BCUT2D eigenvalue weighted by Gasteiger charge is -2.26. The first-order valence-electron chi connectivity index (χ1n) is 7.02. The van der Waals surface area contributed by atoms with E-state index in [1.807, 2.05) is 19.9 Å². The van der Waals surface area contributed by atoms with Crippen molar-refractivity contribution >= 4 is 23.2 Å². The first-order valence-corrected chi connectivity index (χ1v) is 7.84. The summed E-state index contributed by atoms with van der Waals surface area (Å²) in [6, 6.07) is 1.67. The minimum absolute atomic E-state index is 0.0221. The number of carbonyl (C=O) groups excluding carboxylic acids is 1. The topological polar surface area (TPSA) is 57.6 Å². The van der Waals surface area contributed by atoms with Crippen LogP contribution in [0.25, 0.3) is 0 Å². The highest BCUT2D eigenvalue weighted by Crippen LogP contribution is 2.25. The number of hydrogen-bond acceptors (Lipinski definition) is 3. The Morgan fingerprint density at radius 1 is 1.40 bits per heavy atom. The van der Waals surface area contributed by atoms with Gasteiger partial charge < -0.3 is 10.0 Å². The molecule has 1 N–H and O–H groups in total. The molecule has 1 atom stereocenters. The van der Waals surface area contributed by atoms with E-state index in [1.54, 1.807) is 11.8 Å². The van der Waals surface area contributed by atoms with E-state index in [0.717, 1.165) is 12.8 Å². The second kappa shape index (κ2) is 7.43. The lowest BCUT2D eigenvalue weighted by molar-refractivity contribution is -0.138. The summed E-state index contributed by atoms with van der Waals surface area (Å²) < 4.78 is 0. The average molecular weight is 297 g/mol. The maximum Gasteiger partial charge on any atom is 0.305 e. The third-order valence-electron chi connectivity index (χ3n) is 3.35. The second-order valence-corrected chi connectivity index (χ2v) is 6.24. The van der Waals surface area contributed by atoms with Crippen LogP contribution in [0.3, 0.4) is 0 Å². The molecular weight excluding hydrogens is 274 g/mol. The lowest BCUT2D eigenvalue weighted by atomic mass is 10.1. The maximum atomic E-state index is 12.5. The summed E-state index contributed by atoms with van der Waals surface area (Å²) in [5.74, 6) is -0.936. The molecule has 1 aromatic rings. The predicted molar refractivity (Wildman–Crippen MR) is 81.5 cm³/mol. The van der Waals surface area contributed by atoms with Gasteiger partial charge in [-0.05, 0) is 38.8 Å². The molecule has 0 aliphatic rings. The summed E-state index contributed by atoms with van der Waals surface area (Å²) in [4.78, 5) is 26.8. The number of rotatable bonds is 7. The Hall–Kier alpha value is -1.36. The largest absolute Gasteiger partial charge is 0.481 e. The van der Waals surface area contributed by atoms with Gasteiger partial charge in [0.1, 0.15) is 0 Å². The fraction of sp³-hybridized carbons (Fsp3) is 0.600. The van der Waals surface area contributed by atoms with Crippen LogP contribution in [-0.2, 0) is 11.2 Å². The highest BCUT2D eigenvalue weighted by Gasteiger charge is 2.23. The molecule has 1 unspecified atom stereocenters. The third-order valence-corrected chi connectivity index (χ3v) is 4.44. The van der Waals surface area contributed by atoms with Crippen LogP contribution >= 0.6 is 11.3 Å². The molecule has 1 rings (SSSR count). The van der Waals surface area contributed by atoms with E-state index in [4.69, 9.17) is 5.11 Å². The minimum Gasteiger partial charge on any atom is -0.481 e. The number of nitrogens with zero attached hydrogens (tertiary/aromatic N) is 1. The van der Waals surface area contributed by atoms with E-state index in [2.05, 4.69) is 6.92 Å². The Labute approximate surface area is 124 Å². The molecule has 0 aliphatic carbocycles. The standard InChI is InChI=1S/C15H23NO3S/c1-5-7-12-9-13(20-11(12)4)15(19)16(6-2)10(3)8-14(17)18/h9-10H,5-8H2,1-4H3,(H,17,18). The Kier molecular flexibility index (Phi) is 6.20. The van der Waals surface area contributed by atoms with Gasteiger partial charge in [-0.1, -0.05) is 13.3 Å². The molecule has 0 fully saturated rings. The number of aliphatic carboxylic acids is 1. The molecule has 0 saturated heterocycles. The molecule has 0 bridgehead atoms. The van der Waals surface area contributed by atoms with E-state index < -0.39 is 5.97 Å². The summed E-state index contributed by atoms with van der Waals surface area (Å²) in [6.07, 6.45) is 2.01. The highest BCUT2D eigenvalue weighted by molar-refractivity contribution is 7.14. The van der Waals surface area contributed by atoms with Crippen LogP contribution in [0.5, 0.6) is 0 Å². The van der Waals surface area contributed by atoms with Gasteiger partial charge in [-0.3, -0.25) is 9.59 Å². The molecule has 0 saturated carbocycles. The number of thiophene rings is 1. The maximum absolute atomic E-state index is 12.5. The molecule has 0 spiro atoms. The number of carbonyl (C=O) groups is 2. The molecule has 1 aromatic heterocycles. The van der Waals surface area contributed by atoms with E-state index in [0.29, 0.717) is 11.4 Å². The summed E-state index contributed by atoms with van der Waals surface area (Å²) in [5, 5.41) is 8.86. The van der Waals surface area contributed by atoms with Gasteiger partial charge in [0.05, 0.1) is 11.3 Å². The van der Waals surface area contributed by atoms with Gasteiger partial charge in [-0.2, -0.15) is 0 Å². The Morgan fingerprint density at radius 3 is 2.55 bits per heavy atom. The van der Waals surface area contributed by atoms with Crippen LogP contribution in [0.4, 0.5) is 0 Å². The second-order valence-electron chi connectivity index (χ2n) is 4.98. The molecule has 112 valence electrons. The normalized spacial score (nSPS) is 12.2. The first-order chi connectivity index (χ1) is 9.40. The van der Waals surface area contributed by atoms with E-state index in [-0.39, 0.29) is 18.4 Å². The van der Waals surface area contributed by atoms with Gasteiger partial charge in [0.25, 0.3) is 5.91 Å². The molecule has 20 heavy (non-hydrogen) atoms. The van der Waals surface area contributed by atoms with Crippen molar-refractivity contribution in [1.82, 2.24) is 4.90 Å². The van der Waals surface area contributed by atoms with Crippen molar-refractivity contribution in [2.45, 2.75) is 53.0 Å². The summed E-state index contributed by atoms with van der Waals surface area (Å²) in [6.45, 7) is 8.33. The minimum atomic E-state index is -0.877. The Morgan fingerprint density at radius 2 is 2.05 bits per heavy atom. The van der Waals surface area contributed by atoms with Gasteiger partial charge in [0, 0.05) is 17.5 Å². The number of amides is 1. The zero-order chi connectivity index (χ0) is 15.3. The summed E-state index contributed by atoms with van der Waals surface area (Å²) in [7, 11) is 0. The SMILES string of the molecule is CCCc1cc(C(=O)N(CC)C(C)CC(=O)O)sc1C. The van der Waals surface area contributed by atoms with Gasteiger partial charge in [-0.25, -0.2) is 0 Å². The van der Waals surface area contributed by atoms with E-state index in [1.165, 1.54) is 21.8 Å². The molecule has 1 amide bonds. The van der Waals surface area contributed by atoms with Gasteiger partial charge >= 0.3 is 5.97 Å². The van der Waals surface area contributed by atoms with Crippen LogP contribution < -0.4 is 0 Å². The van der Waals surface area contributed by atoms with Crippen molar-refractivity contribution in [3.63, 3.8) is 0 Å². The Bertz CT molecular complexity index is 481. The van der Waals surface area contributed by atoms with Gasteiger partial charge in [0.2, 0.25) is 0 Å². The van der Waals surface area contributed by atoms with Crippen LogP contribution in [0.2, 0.25) is 0 Å². The molecule has 4 nitrogen and oxygen atoms in total. The van der Waals surface area contributed by atoms with Crippen molar-refractivity contribution in [3.8, 4) is 0 Å². The van der Waals surface area contributed by atoms with Crippen molar-refractivity contribution in [1.29, 1.82) is 0 Å². The highest BCUT2D eigenvalue weighted by atomic mass is 32.1. The molecule has 5 heteroatoms. The van der Waals surface area contributed by atoms with Crippen LogP contribution in [0.15, 0.2) is 6.07 Å². The number of carboxylic acids is 1. The summed E-state index contributed by atoms with van der Waals surface area (Å²) in [5.41, 5.74) is 1.22. The van der Waals surface area contributed by atoms with Gasteiger partial charge in [0.15, 0.2) is 0 Å².